The Morgan fingerprint density at radius 1 is 1.18 bits per heavy atom. The number of nitrogens with two attached hydrogens (primary N) is 2. The number of aromatic nitrogens is 4. The van der Waals surface area contributed by atoms with Crippen molar-refractivity contribution in [1.82, 2.24) is 25.1 Å². The molecule has 39 heavy (non-hydrogen) atoms. The highest BCUT2D eigenvalue weighted by molar-refractivity contribution is 6.07. The fourth-order valence-corrected chi connectivity index (χ4v) is 5.01. The van der Waals surface area contributed by atoms with E-state index in [0.717, 1.165) is 29.9 Å². The molecule has 0 bridgehead atoms. The molecular formula is C29H31N7O3. The van der Waals surface area contributed by atoms with E-state index >= 15 is 0 Å². The summed E-state index contributed by atoms with van der Waals surface area (Å²) < 4.78 is 11.2. The molecule has 5 rings (SSSR count). The zero-order valence-corrected chi connectivity index (χ0v) is 22.1. The highest BCUT2D eigenvalue weighted by atomic mass is 16.5. The van der Waals surface area contributed by atoms with Crippen LogP contribution in [0.15, 0.2) is 60.9 Å². The van der Waals surface area contributed by atoms with Crippen LogP contribution >= 0.6 is 0 Å². The molecule has 0 saturated carbocycles. The minimum atomic E-state index is -0.218. The van der Waals surface area contributed by atoms with Gasteiger partial charge in [0.15, 0.2) is 17.3 Å². The number of aryl methyl sites for hydroxylation is 1. The number of hydrogen-bond donors (Lipinski definition) is 3. The van der Waals surface area contributed by atoms with Gasteiger partial charge >= 0.3 is 0 Å². The van der Waals surface area contributed by atoms with Gasteiger partial charge in [0.2, 0.25) is 5.95 Å². The Hall–Kier alpha value is -4.86. The van der Waals surface area contributed by atoms with Crippen LogP contribution in [-0.2, 0) is 12.8 Å². The number of carbonyl (C=O) groups excluding carboxylic acids is 1. The van der Waals surface area contributed by atoms with Crippen LogP contribution in [0.5, 0.6) is 11.5 Å². The smallest absolute Gasteiger partial charge is 0.221 e. The minimum absolute atomic E-state index is 0.105. The first kappa shape index (κ1) is 25.8. The molecule has 1 atom stereocenters. The number of nitrogens with one attached hydrogen (secondary N) is 1. The lowest BCUT2D eigenvalue weighted by atomic mass is 9.91. The van der Waals surface area contributed by atoms with Gasteiger partial charge in [-0.25, -0.2) is 4.98 Å². The van der Waals surface area contributed by atoms with E-state index in [2.05, 4.69) is 43.3 Å². The number of nitrogen functional groups attached to an aromatic ring is 2. The molecule has 5 N–H and O–H groups in total. The molecule has 0 fully saturated rings. The second-order valence-corrected chi connectivity index (χ2v) is 9.44. The number of hydrogen-bond acceptors (Lipinski definition) is 9. The Morgan fingerprint density at radius 3 is 2.72 bits per heavy atom. The molecular weight excluding hydrogens is 494 g/mol. The van der Waals surface area contributed by atoms with Crippen LogP contribution in [-0.4, -0.2) is 51.6 Å². The number of carbonyl (C=O) groups is 1. The highest BCUT2D eigenvalue weighted by Gasteiger charge is 2.29. The van der Waals surface area contributed by atoms with Crippen molar-refractivity contribution >= 4 is 17.5 Å². The molecule has 0 radical (unpaired) electrons. The average Bonchev–Trinajstić information content (AvgIpc) is 3.37. The van der Waals surface area contributed by atoms with Crippen molar-refractivity contribution in [2.75, 3.05) is 32.2 Å². The van der Waals surface area contributed by atoms with Crippen LogP contribution in [0.25, 0.3) is 0 Å². The third-order valence-corrected chi connectivity index (χ3v) is 6.86. The van der Waals surface area contributed by atoms with E-state index in [-0.39, 0.29) is 23.6 Å². The monoisotopic (exact) mass is 525 g/mol. The number of aromatic amines is 1. The molecule has 1 aliphatic rings. The van der Waals surface area contributed by atoms with Gasteiger partial charge in [0.25, 0.3) is 0 Å². The van der Waals surface area contributed by atoms with Gasteiger partial charge in [-0.15, -0.1) is 0 Å². The third kappa shape index (κ3) is 5.26. The van der Waals surface area contributed by atoms with Gasteiger partial charge in [0.05, 0.1) is 31.5 Å². The van der Waals surface area contributed by atoms with Gasteiger partial charge in [-0.1, -0.05) is 24.3 Å². The van der Waals surface area contributed by atoms with Crippen molar-refractivity contribution in [3.8, 4) is 11.5 Å². The Morgan fingerprint density at radius 2 is 2.00 bits per heavy atom. The summed E-state index contributed by atoms with van der Waals surface area (Å²) in [5.74, 6) is 0.979. The molecule has 4 aromatic rings. The van der Waals surface area contributed by atoms with Crippen LogP contribution in [0, 0.1) is 6.92 Å². The van der Waals surface area contributed by atoms with Gasteiger partial charge in [0, 0.05) is 42.7 Å². The lowest BCUT2D eigenvalue weighted by Crippen LogP contribution is -2.32. The quantitative estimate of drug-likeness (QED) is 0.232. The van der Waals surface area contributed by atoms with E-state index in [0.29, 0.717) is 29.0 Å². The van der Waals surface area contributed by atoms with Crippen LogP contribution in [0.1, 0.15) is 50.0 Å². The van der Waals surface area contributed by atoms with Crippen molar-refractivity contribution < 1.29 is 14.3 Å². The summed E-state index contributed by atoms with van der Waals surface area (Å²) in [6.07, 6.45) is 6.26. The standard InChI is InChI=1S/C29H31N7O3/c1-17-12-23(35-34-17)26-21-7-5-4-6-19(21)8-10-36(26)11-9-24(37)22-14-18(15-25(38-2)27(22)39-3)13-20-16-32-29(31)33-28(20)30/h4-7,9,11-12,14-16,26H,8,10,13H2,1-3H3,(H,34,35)(H4,30,31,32,33). The first-order valence-electron chi connectivity index (χ1n) is 12.6. The summed E-state index contributed by atoms with van der Waals surface area (Å²) >= 11 is 0. The molecule has 10 nitrogen and oxygen atoms in total. The number of benzene rings is 2. The van der Waals surface area contributed by atoms with Crippen molar-refractivity contribution in [1.29, 1.82) is 0 Å². The van der Waals surface area contributed by atoms with Gasteiger partial charge < -0.3 is 25.8 Å². The molecule has 200 valence electrons. The maximum Gasteiger partial charge on any atom is 0.221 e. The number of ether oxygens (including phenoxy) is 2. The fraction of sp³-hybridized carbons (Fsp3) is 0.241. The predicted molar refractivity (Wildman–Crippen MR) is 149 cm³/mol. The highest BCUT2D eigenvalue weighted by Crippen LogP contribution is 2.36. The number of H-pyrrole nitrogens is 1. The number of allylic oxidation sites excluding steroid dienone is 1. The number of nitrogens with zero attached hydrogens (tertiary/aromatic N) is 4. The molecule has 0 saturated heterocycles. The molecule has 10 heteroatoms. The molecule has 0 amide bonds. The predicted octanol–water partition coefficient (Wildman–Crippen LogP) is 3.62. The van der Waals surface area contributed by atoms with Crippen molar-refractivity contribution in [2.45, 2.75) is 25.8 Å². The number of ketones is 1. The summed E-state index contributed by atoms with van der Waals surface area (Å²) in [5, 5.41) is 7.58. The average molecular weight is 526 g/mol. The second kappa shape index (κ2) is 10.9. The molecule has 2 aromatic carbocycles. The number of anilines is 2. The third-order valence-electron chi connectivity index (χ3n) is 6.86. The van der Waals surface area contributed by atoms with E-state index in [4.69, 9.17) is 20.9 Å². The summed E-state index contributed by atoms with van der Waals surface area (Å²) in [5.41, 5.74) is 17.9. The van der Waals surface area contributed by atoms with E-state index in [9.17, 15) is 4.79 Å². The first-order valence-corrected chi connectivity index (χ1v) is 12.6. The Balaban J connectivity index is 1.48. The summed E-state index contributed by atoms with van der Waals surface area (Å²) in [6.45, 7) is 2.72. The molecule has 2 aromatic heterocycles. The van der Waals surface area contributed by atoms with Gasteiger partial charge in [-0.2, -0.15) is 10.1 Å². The van der Waals surface area contributed by atoms with E-state index < -0.39 is 0 Å². The zero-order chi connectivity index (χ0) is 27.5. The van der Waals surface area contributed by atoms with Crippen molar-refractivity contribution in [3.05, 3.63) is 100 Å². The van der Waals surface area contributed by atoms with E-state index in [1.807, 2.05) is 31.3 Å². The SMILES string of the molecule is COc1cc(Cc2cnc(N)nc2N)cc(C(=O)C=CN2CCc3ccccc3C2c2cc(C)[nH]n2)c1OC. The van der Waals surface area contributed by atoms with Crippen molar-refractivity contribution in [3.63, 3.8) is 0 Å². The van der Waals surface area contributed by atoms with Crippen molar-refractivity contribution in [2.24, 2.45) is 0 Å². The fourth-order valence-electron chi connectivity index (χ4n) is 5.01. The Labute approximate surface area is 226 Å². The van der Waals surface area contributed by atoms with Crippen LogP contribution < -0.4 is 20.9 Å². The molecule has 1 unspecified atom stereocenters. The minimum Gasteiger partial charge on any atom is -0.493 e. The van der Waals surface area contributed by atoms with Gasteiger partial charge in [-0.3, -0.25) is 9.89 Å². The number of rotatable bonds is 8. The maximum atomic E-state index is 13.6. The molecule has 0 spiro atoms. The van der Waals surface area contributed by atoms with Crippen LogP contribution in [0.3, 0.4) is 0 Å². The van der Waals surface area contributed by atoms with Crippen LogP contribution in [0.2, 0.25) is 0 Å². The molecule has 3 heterocycles. The molecule has 0 aliphatic carbocycles. The number of methoxy groups -OCH3 is 2. The first-order chi connectivity index (χ1) is 18.9. The topological polar surface area (TPSA) is 145 Å². The zero-order valence-electron chi connectivity index (χ0n) is 22.1. The summed E-state index contributed by atoms with van der Waals surface area (Å²) in [7, 11) is 3.05. The van der Waals surface area contributed by atoms with E-state index in [1.54, 1.807) is 18.3 Å². The Kier molecular flexibility index (Phi) is 7.18. The normalized spacial score (nSPS) is 14.8. The second-order valence-electron chi connectivity index (χ2n) is 9.44. The van der Waals surface area contributed by atoms with Gasteiger partial charge in [-0.05, 0) is 48.2 Å². The van der Waals surface area contributed by atoms with Gasteiger partial charge in [0.1, 0.15) is 5.82 Å². The maximum absolute atomic E-state index is 13.6. The van der Waals surface area contributed by atoms with E-state index in [1.165, 1.54) is 25.3 Å². The summed E-state index contributed by atoms with van der Waals surface area (Å²) in [6, 6.07) is 13.9. The lowest BCUT2D eigenvalue weighted by molar-refractivity contribution is 0.104. The Bertz CT molecular complexity index is 1550. The number of fused-ring (bicyclic) bond motifs is 1. The molecule has 1 aliphatic heterocycles. The van der Waals surface area contributed by atoms with Crippen LogP contribution in [0.4, 0.5) is 11.8 Å². The largest absolute Gasteiger partial charge is 0.493 e. The lowest BCUT2D eigenvalue weighted by Gasteiger charge is -2.35. The summed E-state index contributed by atoms with van der Waals surface area (Å²) in [4.78, 5) is 23.8.